The summed E-state index contributed by atoms with van der Waals surface area (Å²) < 4.78 is 5.21. The molecule has 0 spiro atoms. The van der Waals surface area contributed by atoms with Gasteiger partial charge < -0.3 is 9.84 Å². The summed E-state index contributed by atoms with van der Waals surface area (Å²) in [7, 11) is 0. The molecule has 0 saturated carbocycles. The summed E-state index contributed by atoms with van der Waals surface area (Å²) in [6.07, 6.45) is -0.438. The van der Waals surface area contributed by atoms with E-state index in [2.05, 4.69) is 0 Å². The normalized spacial score (nSPS) is 27.6. The topological polar surface area (TPSA) is 46.5 Å². The molecule has 0 aliphatic carbocycles. The summed E-state index contributed by atoms with van der Waals surface area (Å²) >= 11 is 0. The highest BCUT2D eigenvalue weighted by Gasteiger charge is 2.49. The van der Waals surface area contributed by atoms with E-state index in [9.17, 15) is 9.90 Å². The monoisotopic (exact) mass is 270 g/mol. The molecule has 1 aliphatic heterocycles. The number of cyclic esters (lactones) is 1. The molecular formula is C17H18O3. The van der Waals surface area contributed by atoms with Crippen molar-refractivity contribution in [3.63, 3.8) is 0 Å². The van der Waals surface area contributed by atoms with Crippen molar-refractivity contribution >= 4 is 16.7 Å². The van der Waals surface area contributed by atoms with Crippen LogP contribution in [0, 0.1) is 5.41 Å². The molecule has 2 aromatic carbocycles. The third kappa shape index (κ3) is 1.98. The molecule has 3 heteroatoms. The van der Waals surface area contributed by atoms with Gasteiger partial charge in [0.15, 0.2) is 0 Å². The van der Waals surface area contributed by atoms with Crippen molar-refractivity contribution < 1.29 is 14.6 Å². The lowest BCUT2D eigenvalue weighted by atomic mass is 9.78. The summed E-state index contributed by atoms with van der Waals surface area (Å²) in [5.74, 6) is -0.314. The number of rotatable bonds is 2. The Bertz CT molecular complexity index is 664. The molecule has 3 atom stereocenters. The predicted octanol–water partition coefficient (Wildman–Crippen LogP) is 3.21. The average Bonchev–Trinajstić information content (AvgIpc) is 2.71. The van der Waals surface area contributed by atoms with Crippen LogP contribution >= 0.6 is 0 Å². The van der Waals surface area contributed by atoms with Gasteiger partial charge in [-0.25, -0.2) is 0 Å². The van der Waals surface area contributed by atoms with Crippen molar-refractivity contribution in [2.75, 3.05) is 0 Å². The number of aliphatic hydroxyl groups excluding tert-OH is 1. The smallest absolute Gasteiger partial charge is 0.315 e. The van der Waals surface area contributed by atoms with Crippen LogP contribution in [0.2, 0.25) is 0 Å². The molecule has 1 N–H and O–H groups in total. The highest BCUT2D eigenvalue weighted by atomic mass is 16.6. The lowest BCUT2D eigenvalue weighted by Gasteiger charge is -2.26. The molecule has 1 aliphatic rings. The van der Waals surface area contributed by atoms with Gasteiger partial charge in [0.25, 0.3) is 0 Å². The van der Waals surface area contributed by atoms with E-state index in [-0.39, 0.29) is 12.1 Å². The highest BCUT2D eigenvalue weighted by Crippen LogP contribution is 2.44. The molecule has 2 aromatic rings. The second-order valence-electron chi connectivity index (χ2n) is 5.85. The molecule has 104 valence electrons. The van der Waals surface area contributed by atoms with Crippen LogP contribution in [0.15, 0.2) is 42.5 Å². The lowest BCUT2D eigenvalue weighted by Crippen LogP contribution is -2.30. The number of esters is 1. The molecule has 1 fully saturated rings. The Balaban J connectivity index is 2.00. The second kappa shape index (κ2) is 4.60. The number of fused-ring (bicyclic) bond motifs is 1. The Morgan fingerprint density at radius 3 is 2.60 bits per heavy atom. The molecule has 0 aromatic heterocycles. The Hall–Kier alpha value is -1.87. The van der Waals surface area contributed by atoms with Gasteiger partial charge in [0.05, 0.1) is 11.5 Å². The van der Waals surface area contributed by atoms with Gasteiger partial charge in [-0.05, 0) is 36.2 Å². The van der Waals surface area contributed by atoms with E-state index in [1.807, 2.05) is 49.4 Å². The second-order valence-corrected chi connectivity index (χ2v) is 5.85. The first-order valence-corrected chi connectivity index (χ1v) is 6.88. The Morgan fingerprint density at radius 1 is 1.25 bits per heavy atom. The maximum Gasteiger partial charge on any atom is 0.315 e. The summed E-state index contributed by atoms with van der Waals surface area (Å²) in [5.41, 5.74) is -0.0979. The van der Waals surface area contributed by atoms with Gasteiger partial charge in [0.2, 0.25) is 0 Å². The largest absolute Gasteiger partial charge is 0.462 e. The average molecular weight is 270 g/mol. The fraction of sp³-hybridized carbons (Fsp3) is 0.353. The van der Waals surface area contributed by atoms with E-state index >= 15 is 0 Å². The third-order valence-electron chi connectivity index (χ3n) is 4.18. The molecule has 1 saturated heterocycles. The summed E-state index contributed by atoms with van der Waals surface area (Å²) in [6, 6.07) is 13.8. The Morgan fingerprint density at radius 2 is 1.95 bits per heavy atom. The quantitative estimate of drug-likeness (QED) is 0.852. The summed E-state index contributed by atoms with van der Waals surface area (Å²) in [5, 5.41) is 12.8. The molecule has 0 bridgehead atoms. The van der Waals surface area contributed by atoms with Crippen molar-refractivity contribution in [2.45, 2.75) is 32.5 Å². The fourth-order valence-electron chi connectivity index (χ4n) is 3.01. The molecule has 3 rings (SSSR count). The fourth-order valence-corrected chi connectivity index (χ4v) is 3.01. The number of carbonyl (C=O) groups is 1. The third-order valence-corrected chi connectivity index (χ3v) is 4.18. The van der Waals surface area contributed by atoms with E-state index in [4.69, 9.17) is 4.74 Å². The van der Waals surface area contributed by atoms with Gasteiger partial charge in [0.1, 0.15) is 6.10 Å². The zero-order valence-electron chi connectivity index (χ0n) is 11.7. The zero-order chi connectivity index (χ0) is 14.3. The van der Waals surface area contributed by atoms with Crippen LogP contribution in [0.1, 0.15) is 31.9 Å². The van der Waals surface area contributed by atoms with Gasteiger partial charge >= 0.3 is 5.97 Å². The first-order chi connectivity index (χ1) is 9.50. The van der Waals surface area contributed by atoms with Crippen molar-refractivity contribution in [3.05, 3.63) is 48.0 Å². The van der Waals surface area contributed by atoms with Crippen molar-refractivity contribution in [3.8, 4) is 0 Å². The minimum atomic E-state index is -0.859. The van der Waals surface area contributed by atoms with E-state index < -0.39 is 11.5 Å². The van der Waals surface area contributed by atoms with Gasteiger partial charge in [0, 0.05) is 6.42 Å². The number of hydrogen-bond donors (Lipinski definition) is 1. The number of benzene rings is 2. The lowest BCUT2D eigenvalue weighted by molar-refractivity contribution is -0.152. The molecule has 0 radical (unpaired) electrons. The Kier molecular flexibility index (Phi) is 3.02. The molecule has 20 heavy (non-hydrogen) atoms. The van der Waals surface area contributed by atoms with E-state index in [1.165, 1.54) is 0 Å². The zero-order valence-corrected chi connectivity index (χ0v) is 11.7. The summed E-state index contributed by atoms with van der Waals surface area (Å²) in [6.45, 7) is 3.63. The number of carbonyl (C=O) groups excluding carboxylic acids is 1. The minimum Gasteiger partial charge on any atom is -0.462 e. The Labute approximate surface area is 118 Å². The molecule has 1 heterocycles. The van der Waals surface area contributed by atoms with Gasteiger partial charge in [-0.3, -0.25) is 4.79 Å². The number of aliphatic hydroxyl groups is 1. The van der Waals surface area contributed by atoms with Crippen LogP contribution in [0.25, 0.3) is 10.8 Å². The van der Waals surface area contributed by atoms with Crippen LogP contribution in [-0.2, 0) is 9.53 Å². The minimum absolute atomic E-state index is 0.136. The number of hydrogen-bond acceptors (Lipinski definition) is 3. The SMILES string of the molecule is C[C@H]1C[C@](C)([C@H](O)c2ccc3ccccc3c2)C(=O)O1. The number of ether oxygens (including phenoxy) is 1. The van der Waals surface area contributed by atoms with Crippen LogP contribution in [0.5, 0.6) is 0 Å². The van der Waals surface area contributed by atoms with Gasteiger partial charge in [-0.2, -0.15) is 0 Å². The first-order valence-electron chi connectivity index (χ1n) is 6.88. The van der Waals surface area contributed by atoms with Crippen LogP contribution < -0.4 is 0 Å². The molecular weight excluding hydrogens is 252 g/mol. The van der Waals surface area contributed by atoms with Crippen LogP contribution in [-0.4, -0.2) is 17.2 Å². The summed E-state index contributed by atoms with van der Waals surface area (Å²) in [4.78, 5) is 12.0. The van der Waals surface area contributed by atoms with Crippen LogP contribution in [0.4, 0.5) is 0 Å². The first kappa shape index (κ1) is 13.1. The molecule has 3 nitrogen and oxygen atoms in total. The standard InChI is InChI=1S/C17H18O3/c1-11-10-17(2,16(19)20-11)15(18)14-8-7-12-5-3-4-6-13(12)9-14/h3-9,11,15,18H,10H2,1-2H3/t11-,15+,17+/m0/s1. The van der Waals surface area contributed by atoms with E-state index in [0.29, 0.717) is 6.42 Å². The van der Waals surface area contributed by atoms with Crippen molar-refractivity contribution in [1.82, 2.24) is 0 Å². The maximum absolute atomic E-state index is 12.0. The van der Waals surface area contributed by atoms with E-state index in [0.717, 1.165) is 16.3 Å². The molecule has 0 unspecified atom stereocenters. The van der Waals surface area contributed by atoms with Crippen molar-refractivity contribution in [1.29, 1.82) is 0 Å². The molecule has 0 amide bonds. The van der Waals surface area contributed by atoms with Crippen molar-refractivity contribution in [2.24, 2.45) is 5.41 Å². The predicted molar refractivity (Wildman–Crippen MR) is 77.2 cm³/mol. The highest BCUT2D eigenvalue weighted by molar-refractivity contribution is 5.84. The van der Waals surface area contributed by atoms with Crippen LogP contribution in [0.3, 0.4) is 0 Å². The van der Waals surface area contributed by atoms with Gasteiger partial charge in [-0.15, -0.1) is 0 Å². The van der Waals surface area contributed by atoms with E-state index in [1.54, 1.807) is 6.92 Å². The maximum atomic E-state index is 12.0. The van der Waals surface area contributed by atoms with Gasteiger partial charge in [-0.1, -0.05) is 36.4 Å².